The lowest BCUT2D eigenvalue weighted by Crippen LogP contribution is -2.26. The van der Waals surface area contributed by atoms with E-state index in [2.05, 4.69) is 20.9 Å². The molecule has 114 valence electrons. The van der Waals surface area contributed by atoms with Gasteiger partial charge in [0.05, 0.1) is 15.1 Å². The minimum Gasteiger partial charge on any atom is -0.305 e. The average molecular weight is 382 g/mol. The standard InChI is InChI=1S/C10H9BrFN3O5S/c11-7-2-13-3-8(15(17)18)10(7)14-4-6(1-9(14)16)5-21(12,19)20/h2-3,6H,1,4-5H2. The highest BCUT2D eigenvalue weighted by Crippen LogP contribution is 2.38. The molecule has 1 saturated heterocycles. The number of hydrogen-bond donors (Lipinski definition) is 0. The first kappa shape index (κ1) is 15.8. The number of amides is 1. The van der Waals surface area contributed by atoms with Gasteiger partial charge in [0.15, 0.2) is 0 Å². The molecule has 1 amide bonds. The molecule has 1 aliphatic heterocycles. The molecule has 1 aliphatic rings. The summed E-state index contributed by atoms with van der Waals surface area (Å²) in [4.78, 5) is 27.0. The molecule has 8 nitrogen and oxygen atoms in total. The van der Waals surface area contributed by atoms with Crippen molar-refractivity contribution in [3.05, 3.63) is 27.0 Å². The molecule has 0 saturated carbocycles. The molecule has 0 aromatic carbocycles. The maximum atomic E-state index is 12.7. The molecule has 0 bridgehead atoms. The Morgan fingerprint density at radius 1 is 1.52 bits per heavy atom. The highest BCUT2D eigenvalue weighted by Gasteiger charge is 2.37. The van der Waals surface area contributed by atoms with Crippen LogP contribution in [0.3, 0.4) is 0 Å². The van der Waals surface area contributed by atoms with Gasteiger partial charge in [-0.25, -0.2) is 0 Å². The Balaban J connectivity index is 2.36. The van der Waals surface area contributed by atoms with Gasteiger partial charge in [-0.2, -0.15) is 8.42 Å². The predicted octanol–water partition coefficient (Wildman–Crippen LogP) is 1.40. The fraction of sp³-hybridized carbons (Fsp3) is 0.400. The number of hydrogen-bond acceptors (Lipinski definition) is 6. The maximum absolute atomic E-state index is 12.7. The second-order valence-corrected chi connectivity index (χ2v) is 6.79. The number of anilines is 1. The Bertz CT molecular complexity index is 711. The van der Waals surface area contributed by atoms with E-state index in [0.717, 1.165) is 11.1 Å². The number of carbonyl (C=O) groups is 1. The third-order valence-corrected chi connectivity index (χ3v) is 4.41. The summed E-state index contributed by atoms with van der Waals surface area (Å²) >= 11 is 3.08. The molecule has 0 N–H and O–H groups in total. The van der Waals surface area contributed by atoms with Gasteiger partial charge in [-0.05, 0) is 15.9 Å². The van der Waals surface area contributed by atoms with E-state index in [0.29, 0.717) is 0 Å². The van der Waals surface area contributed by atoms with E-state index >= 15 is 0 Å². The molecule has 1 aromatic rings. The number of pyridine rings is 1. The monoisotopic (exact) mass is 381 g/mol. The first-order chi connectivity index (χ1) is 9.69. The van der Waals surface area contributed by atoms with Gasteiger partial charge >= 0.3 is 15.9 Å². The van der Waals surface area contributed by atoms with Crippen LogP contribution in [0.5, 0.6) is 0 Å². The smallest absolute Gasteiger partial charge is 0.305 e. The Morgan fingerprint density at radius 3 is 2.76 bits per heavy atom. The molecule has 1 unspecified atom stereocenters. The second kappa shape index (κ2) is 5.64. The minimum atomic E-state index is -4.71. The number of nitrogens with zero attached hydrogens (tertiary/aromatic N) is 3. The SMILES string of the molecule is O=C1CC(CS(=O)(=O)F)CN1c1c(Br)cncc1[N+](=O)[O-]. The Labute approximate surface area is 127 Å². The van der Waals surface area contributed by atoms with Crippen molar-refractivity contribution in [3.8, 4) is 0 Å². The largest absolute Gasteiger partial charge is 0.312 e. The van der Waals surface area contributed by atoms with Crippen LogP contribution in [0.15, 0.2) is 16.9 Å². The van der Waals surface area contributed by atoms with Gasteiger partial charge in [0.2, 0.25) is 5.91 Å². The number of aromatic nitrogens is 1. The van der Waals surface area contributed by atoms with E-state index in [-0.39, 0.29) is 28.8 Å². The van der Waals surface area contributed by atoms with Crippen molar-refractivity contribution in [3.63, 3.8) is 0 Å². The van der Waals surface area contributed by atoms with Gasteiger partial charge in [-0.3, -0.25) is 19.9 Å². The van der Waals surface area contributed by atoms with Crippen molar-refractivity contribution in [2.24, 2.45) is 5.92 Å². The lowest BCUT2D eigenvalue weighted by molar-refractivity contribution is -0.384. The van der Waals surface area contributed by atoms with Gasteiger partial charge in [-0.15, -0.1) is 3.89 Å². The summed E-state index contributed by atoms with van der Waals surface area (Å²) in [7, 11) is -4.71. The lowest BCUT2D eigenvalue weighted by Gasteiger charge is -2.17. The number of nitro groups is 1. The zero-order valence-corrected chi connectivity index (χ0v) is 12.8. The predicted molar refractivity (Wildman–Crippen MR) is 73.9 cm³/mol. The van der Waals surface area contributed by atoms with Crippen molar-refractivity contribution >= 4 is 43.4 Å². The van der Waals surface area contributed by atoms with Gasteiger partial charge in [0.1, 0.15) is 11.9 Å². The molecule has 1 fully saturated rings. The van der Waals surface area contributed by atoms with Crippen LogP contribution in [0.1, 0.15) is 6.42 Å². The van der Waals surface area contributed by atoms with E-state index in [1.54, 1.807) is 0 Å². The van der Waals surface area contributed by atoms with Crippen LogP contribution in [0.25, 0.3) is 0 Å². The third kappa shape index (κ3) is 3.53. The van der Waals surface area contributed by atoms with Crippen LogP contribution in [-0.2, 0) is 15.0 Å². The van der Waals surface area contributed by atoms with Crippen LogP contribution >= 0.6 is 15.9 Å². The summed E-state index contributed by atoms with van der Waals surface area (Å²) in [5, 5.41) is 11.0. The van der Waals surface area contributed by atoms with Crippen molar-refractivity contribution in [1.29, 1.82) is 0 Å². The topological polar surface area (TPSA) is 110 Å². The van der Waals surface area contributed by atoms with Crippen LogP contribution < -0.4 is 4.90 Å². The second-order valence-electron chi connectivity index (χ2n) is 4.53. The van der Waals surface area contributed by atoms with Gasteiger partial charge < -0.3 is 4.90 Å². The van der Waals surface area contributed by atoms with Gasteiger partial charge in [0.25, 0.3) is 0 Å². The van der Waals surface area contributed by atoms with Crippen molar-refractivity contribution in [2.45, 2.75) is 6.42 Å². The molecule has 2 heterocycles. The zero-order chi connectivity index (χ0) is 15.8. The number of halogens is 2. The van der Waals surface area contributed by atoms with E-state index in [4.69, 9.17) is 0 Å². The fourth-order valence-electron chi connectivity index (χ4n) is 2.21. The summed E-state index contributed by atoms with van der Waals surface area (Å²) in [5.74, 6) is -2.03. The summed E-state index contributed by atoms with van der Waals surface area (Å²) in [6.07, 6.45) is 2.09. The van der Waals surface area contributed by atoms with Crippen molar-refractivity contribution < 1.29 is 22.0 Å². The molecule has 1 atom stereocenters. The van der Waals surface area contributed by atoms with Crippen LogP contribution in [0, 0.1) is 16.0 Å². The summed E-state index contributed by atoms with van der Waals surface area (Å²) < 4.78 is 34.2. The van der Waals surface area contributed by atoms with Crippen molar-refractivity contribution in [1.82, 2.24) is 4.98 Å². The first-order valence-corrected chi connectivity index (χ1v) is 8.04. The normalized spacial score (nSPS) is 19.0. The van der Waals surface area contributed by atoms with E-state index in [9.17, 15) is 27.2 Å². The summed E-state index contributed by atoms with van der Waals surface area (Å²) in [5.41, 5.74) is -0.389. The maximum Gasteiger partial charge on any atom is 0.312 e. The van der Waals surface area contributed by atoms with Crippen LogP contribution in [-0.4, -0.2) is 36.5 Å². The van der Waals surface area contributed by atoms with E-state index in [1.165, 1.54) is 6.20 Å². The van der Waals surface area contributed by atoms with Crippen LogP contribution in [0.4, 0.5) is 15.3 Å². The van der Waals surface area contributed by atoms with E-state index < -0.39 is 32.7 Å². The Kier molecular flexibility index (Phi) is 4.23. The molecular weight excluding hydrogens is 373 g/mol. The molecule has 21 heavy (non-hydrogen) atoms. The third-order valence-electron chi connectivity index (χ3n) is 2.96. The van der Waals surface area contributed by atoms with E-state index in [1.807, 2.05) is 0 Å². The van der Waals surface area contributed by atoms with Crippen LogP contribution in [0.2, 0.25) is 0 Å². The summed E-state index contributed by atoms with van der Waals surface area (Å²) in [6.45, 7) is -0.106. The van der Waals surface area contributed by atoms with Crippen molar-refractivity contribution in [2.75, 3.05) is 17.2 Å². The highest BCUT2D eigenvalue weighted by molar-refractivity contribution is 9.10. The summed E-state index contributed by atoms with van der Waals surface area (Å²) in [6, 6.07) is 0. The molecular formula is C10H9BrFN3O5S. The number of rotatable bonds is 4. The minimum absolute atomic E-state index is 0.00115. The lowest BCUT2D eigenvalue weighted by atomic mass is 10.1. The first-order valence-electron chi connectivity index (χ1n) is 5.69. The van der Waals surface area contributed by atoms with Gasteiger partial charge in [0, 0.05) is 25.1 Å². The molecule has 1 aromatic heterocycles. The Morgan fingerprint density at radius 2 is 2.19 bits per heavy atom. The number of carbonyl (C=O) groups excluding carboxylic acids is 1. The van der Waals surface area contributed by atoms with Gasteiger partial charge in [-0.1, -0.05) is 0 Å². The molecule has 11 heteroatoms. The Hall–Kier alpha value is -1.62. The average Bonchev–Trinajstić information content (AvgIpc) is 2.66. The molecule has 0 spiro atoms. The molecule has 0 aliphatic carbocycles. The highest BCUT2D eigenvalue weighted by atomic mass is 79.9. The zero-order valence-electron chi connectivity index (χ0n) is 10.4. The quantitative estimate of drug-likeness (QED) is 0.442. The molecule has 2 rings (SSSR count). The fourth-order valence-corrected chi connectivity index (χ4v) is 3.53. The molecule has 0 radical (unpaired) electrons.